The molecule has 0 atom stereocenters. The third-order valence-electron chi connectivity index (χ3n) is 3.77. The van der Waals surface area contributed by atoms with E-state index in [-0.39, 0.29) is 0 Å². The number of benzene rings is 3. The van der Waals surface area contributed by atoms with E-state index in [1.165, 1.54) is 21.9 Å². The first-order chi connectivity index (χ1) is 10.9. The van der Waals surface area contributed by atoms with Gasteiger partial charge in [0.1, 0.15) is 5.01 Å². The van der Waals surface area contributed by atoms with E-state index in [1.54, 1.807) is 11.3 Å². The normalized spacial score (nSPS) is 10.9. The number of aromatic nitrogens is 1. The molecule has 4 rings (SSSR count). The molecule has 0 aliphatic carbocycles. The second-order valence-electron chi connectivity index (χ2n) is 5.37. The lowest BCUT2D eigenvalue weighted by molar-refractivity contribution is 1.11. The van der Waals surface area contributed by atoms with Crippen LogP contribution in [0.5, 0.6) is 0 Å². The van der Waals surface area contributed by atoms with E-state index in [1.807, 2.05) is 6.07 Å². The summed E-state index contributed by atoms with van der Waals surface area (Å²) in [4.78, 5) is 4.77. The van der Waals surface area contributed by atoms with Crippen LogP contribution >= 0.6 is 11.3 Å². The molecule has 0 bridgehead atoms. The Morgan fingerprint density at radius 2 is 1.55 bits per heavy atom. The zero-order valence-corrected chi connectivity index (χ0v) is 12.9. The number of hydrogen-bond acceptors (Lipinski definition) is 2. The molecule has 0 aliphatic rings. The van der Waals surface area contributed by atoms with Gasteiger partial charge < -0.3 is 0 Å². The van der Waals surface area contributed by atoms with Crippen LogP contribution in [0.15, 0.2) is 78.2 Å². The third kappa shape index (κ3) is 2.66. The Labute approximate surface area is 133 Å². The molecule has 0 saturated heterocycles. The van der Waals surface area contributed by atoms with Gasteiger partial charge in [-0.05, 0) is 16.3 Å². The van der Waals surface area contributed by atoms with Crippen LogP contribution < -0.4 is 0 Å². The van der Waals surface area contributed by atoms with Crippen molar-refractivity contribution in [2.24, 2.45) is 0 Å². The Morgan fingerprint density at radius 1 is 0.773 bits per heavy atom. The van der Waals surface area contributed by atoms with Crippen molar-refractivity contribution in [3.63, 3.8) is 0 Å². The fourth-order valence-electron chi connectivity index (χ4n) is 2.66. The molecule has 0 fully saturated rings. The molecule has 0 N–H and O–H groups in total. The molecule has 22 heavy (non-hydrogen) atoms. The first-order valence-corrected chi connectivity index (χ1v) is 8.24. The molecular weight excluding hydrogens is 286 g/mol. The summed E-state index contributed by atoms with van der Waals surface area (Å²) in [5.74, 6) is 0. The van der Waals surface area contributed by atoms with Gasteiger partial charge in [-0.2, -0.15) is 0 Å². The fourth-order valence-corrected chi connectivity index (χ4v) is 3.49. The van der Waals surface area contributed by atoms with Gasteiger partial charge in [0, 0.05) is 17.4 Å². The summed E-state index contributed by atoms with van der Waals surface area (Å²) >= 11 is 1.71. The molecule has 0 aliphatic heterocycles. The Bertz CT molecular complexity index is 909. The smallest absolute Gasteiger partial charge is 0.123 e. The molecule has 3 aromatic carbocycles. The minimum absolute atomic E-state index is 0.883. The van der Waals surface area contributed by atoms with Crippen LogP contribution in [0.4, 0.5) is 0 Å². The van der Waals surface area contributed by atoms with Crippen LogP contribution in [0.2, 0.25) is 0 Å². The van der Waals surface area contributed by atoms with E-state index < -0.39 is 0 Å². The van der Waals surface area contributed by atoms with Crippen LogP contribution in [0.1, 0.15) is 11.3 Å². The van der Waals surface area contributed by atoms with E-state index >= 15 is 0 Å². The van der Waals surface area contributed by atoms with Crippen molar-refractivity contribution in [1.82, 2.24) is 4.98 Å². The van der Waals surface area contributed by atoms with Crippen molar-refractivity contribution in [1.29, 1.82) is 0 Å². The van der Waals surface area contributed by atoms with Gasteiger partial charge in [-0.1, -0.05) is 72.8 Å². The first-order valence-electron chi connectivity index (χ1n) is 7.36. The van der Waals surface area contributed by atoms with Gasteiger partial charge in [-0.3, -0.25) is 0 Å². The quantitative estimate of drug-likeness (QED) is 0.483. The van der Waals surface area contributed by atoms with E-state index in [0.29, 0.717) is 0 Å². The lowest BCUT2D eigenvalue weighted by Gasteiger charge is -2.02. The number of hydrogen-bond donors (Lipinski definition) is 0. The third-order valence-corrected chi connectivity index (χ3v) is 4.71. The molecule has 0 unspecified atom stereocenters. The molecule has 0 radical (unpaired) electrons. The number of thiazole rings is 1. The average Bonchev–Trinajstić information content (AvgIpc) is 3.04. The van der Waals surface area contributed by atoms with E-state index in [2.05, 4.69) is 72.1 Å². The standard InChI is InChI=1S/C20H15NS/c1-2-7-17(8-3-1)20-21-19(14-22-20)13-15-10-11-16-6-4-5-9-18(16)12-15/h1-12,14H,13H2. The highest BCUT2D eigenvalue weighted by molar-refractivity contribution is 7.13. The van der Waals surface area contributed by atoms with Crippen LogP contribution in [0.3, 0.4) is 0 Å². The number of fused-ring (bicyclic) bond motifs is 1. The van der Waals surface area contributed by atoms with Gasteiger partial charge in [-0.25, -0.2) is 4.98 Å². The Balaban J connectivity index is 1.61. The van der Waals surface area contributed by atoms with Crippen LogP contribution in [0, 0.1) is 0 Å². The molecule has 0 spiro atoms. The summed E-state index contributed by atoms with van der Waals surface area (Å²) in [5.41, 5.74) is 3.64. The highest BCUT2D eigenvalue weighted by Crippen LogP contribution is 2.25. The van der Waals surface area contributed by atoms with Gasteiger partial charge in [0.05, 0.1) is 5.69 Å². The zero-order valence-electron chi connectivity index (χ0n) is 12.1. The van der Waals surface area contributed by atoms with Gasteiger partial charge in [0.15, 0.2) is 0 Å². The van der Waals surface area contributed by atoms with Crippen molar-refractivity contribution in [3.8, 4) is 10.6 Å². The number of rotatable bonds is 3. The molecule has 1 heterocycles. The Hall–Kier alpha value is -2.45. The summed E-state index contributed by atoms with van der Waals surface area (Å²) in [5, 5.41) is 5.83. The maximum Gasteiger partial charge on any atom is 0.123 e. The Morgan fingerprint density at radius 3 is 2.41 bits per heavy atom. The molecule has 1 aromatic heterocycles. The monoisotopic (exact) mass is 301 g/mol. The van der Waals surface area contributed by atoms with E-state index in [9.17, 15) is 0 Å². The predicted octanol–water partition coefficient (Wildman–Crippen LogP) is 5.55. The van der Waals surface area contributed by atoms with E-state index in [0.717, 1.165) is 17.1 Å². The van der Waals surface area contributed by atoms with Crippen molar-refractivity contribution in [2.75, 3.05) is 0 Å². The largest absolute Gasteiger partial charge is 0.241 e. The molecular formula is C20H15NS. The molecule has 2 heteroatoms. The molecule has 0 amide bonds. The minimum Gasteiger partial charge on any atom is -0.241 e. The predicted molar refractivity (Wildman–Crippen MR) is 94.3 cm³/mol. The van der Waals surface area contributed by atoms with Gasteiger partial charge >= 0.3 is 0 Å². The average molecular weight is 301 g/mol. The van der Waals surface area contributed by atoms with Crippen LogP contribution in [-0.2, 0) is 6.42 Å². The first kappa shape index (κ1) is 13.2. The maximum atomic E-state index is 4.77. The maximum absolute atomic E-state index is 4.77. The Kier molecular flexibility index (Phi) is 3.45. The molecule has 1 nitrogen and oxygen atoms in total. The summed E-state index contributed by atoms with van der Waals surface area (Å²) in [6.45, 7) is 0. The van der Waals surface area contributed by atoms with Crippen molar-refractivity contribution >= 4 is 22.1 Å². The molecule has 4 aromatic rings. The van der Waals surface area contributed by atoms with Gasteiger partial charge in [0.25, 0.3) is 0 Å². The fraction of sp³-hybridized carbons (Fsp3) is 0.0500. The molecule has 0 saturated carbocycles. The summed E-state index contributed by atoms with van der Waals surface area (Å²) in [7, 11) is 0. The SMILES string of the molecule is c1ccc(-c2nc(Cc3ccc4ccccc4c3)cs2)cc1. The summed E-state index contributed by atoms with van der Waals surface area (Å²) in [6.07, 6.45) is 0.883. The lowest BCUT2D eigenvalue weighted by Crippen LogP contribution is -1.89. The number of nitrogens with zero attached hydrogens (tertiary/aromatic N) is 1. The summed E-state index contributed by atoms with van der Waals surface area (Å²) in [6, 6.07) is 25.5. The minimum atomic E-state index is 0.883. The van der Waals surface area contributed by atoms with Crippen LogP contribution in [-0.4, -0.2) is 4.98 Å². The van der Waals surface area contributed by atoms with E-state index in [4.69, 9.17) is 4.98 Å². The van der Waals surface area contributed by atoms with Crippen LogP contribution in [0.25, 0.3) is 21.3 Å². The summed E-state index contributed by atoms with van der Waals surface area (Å²) < 4.78 is 0. The van der Waals surface area contributed by atoms with Crippen molar-refractivity contribution in [3.05, 3.63) is 89.4 Å². The second-order valence-corrected chi connectivity index (χ2v) is 6.23. The highest BCUT2D eigenvalue weighted by Gasteiger charge is 2.05. The zero-order chi connectivity index (χ0) is 14.8. The molecule has 106 valence electrons. The van der Waals surface area contributed by atoms with Gasteiger partial charge in [0.2, 0.25) is 0 Å². The van der Waals surface area contributed by atoms with Crippen molar-refractivity contribution in [2.45, 2.75) is 6.42 Å². The van der Waals surface area contributed by atoms with Gasteiger partial charge in [-0.15, -0.1) is 11.3 Å². The topological polar surface area (TPSA) is 12.9 Å². The lowest BCUT2D eigenvalue weighted by atomic mass is 10.0. The van der Waals surface area contributed by atoms with Crippen molar-refractivity contribution < 1.29 is 0 Å². The highest BCUT2D eigenvalue weighted by atomic mass is 32.1. The second kappa shape index (κ2) is 5.74.